The minimum absolute atomic E-state index is 0.00337. The SMILES string of the molecule is O=S(=O)(Oc1ccc2ncccc2c1-c1cccc(-c2nc(-c3ccccc3)nc(-c3ccccc3)n2)c1)C(F)(F)C(F)(F)C(F)(F)C(F)(F)F. The molecule has 0 spiro atoms. The van der Waals surface area contributed by atoms with Crippen LogP contribution >= 0.6 is 0 Å². The Labute approximate surface area is 282 Å². The van der Waals surface area contributed by atoms with Crippen molar-refractivity contribution in [2.75, 3.05) is 0 Å². The number of benzene rings is 4. The van der Waals surface area contributed by atoms with E-state index in [4.69, 9.17) is 0 Å². The molecule has 0 saturated heterocycles. The van der Waals surface area contributed by atoms with Crippen LogP contribution in [0.1, 0.15) is 0 Å². The molecule has 4 aromatic carbocycles. The highest BCUT2D eigenvalue weighted by Gasteiger charge is 2.86. The molecule has 2 heterocycles. The van der Waals surface area contributed by atoms with E-state index in [0.29, 0.717) is 11.1 Å². The van der Waals surface area contributed by atoms with Crippen LogP contribution in [-0.2, 0) is 10.1 Å². The molecule has 0 fully saturated rings. The van der Waals surface area contributed by atoms with Gasteiger partial charge in [-0.15, -0.1) is 0 Å². The van der Waals surface area contributed by atoms with Crippen molar-refractivity contribution >= 4 is 21.0 Å². The molecule has 0 aliphatic heterocycles. The summed E-state index contributed by atoms with van der Waals surface area (Å²) in [6.45, 7) is 0. The van der Waals surface area contributed by atoms with Gasteiger partial charge in [-0.05, 0) is 29.8 Å². The summed E-state index contributed by atoms with van der Waals surface area (Å²) < 4.78 is 153. The van der Waals surface area contributed by atoms with E-state index < -0.39 is 39.1 Å². The zero-order chi connectivity index (χ0) is 36.8. The molecule has 0 aliphatic carbocycles. The van der Waals surface area contributed by atoms with E-state index in [9.17, 15) is 47.9 Å². The molecule has 6 rings (SSSR count). The predicted octanol–water partition coefficient (Wildman–Crippen LogP) is 9.22. The zero-order valence-electron chi connectivity index (χ0n) is 25.3. The van der Waals surface area contributed by atoms with Gasteiger partial charge in [-0.3, -0.25) is 4.98 Å². The summed E-state index contributed by atoms with van der Waals surface area (Å²) in [4.78, 5) is 17.8. The standard InChI is InChI=1S/C34H19F9N4O3S/c35-31(36,33(39,40)41)32(37,38)34(42,43)51(48,49)50-26-17-16-25-24(15-8-18-44-25)27(26)22-13-7-14-23(19-22)30-46-28(20-9-3-1-4-10-20)45-29(47-30)21-11-5-2-6-12-21/h1-19H. The third-order valence-electron chi connectivity index (χ3n) is 7.49. The fourth-order valence-corrected chi connectivity index (χ4v) is 5.86. The Hall–Kier alpha value is -5.58. The molecule has 0 amide bonds. The average Bonchev–Trinajstić information content (AvgIpc) is 3.11. The monoisotopic (exact) mass is 734 g/mol. The van der Waals surface area contributed by atoms with E-state index in [-0.39, 0.29) is 45.1 Å². The molecule has 17 heteroatoms. The van der Waals surface area contributed by atoms with Crippen LogP contribution in [0.2, 0.25) is 0 Å². The van der Waals surface area contributed by atoms with Crippen molar-refractivity contribution in [2.45, 2.75) is 23.3 Å². The number of hydrogen-bond donors (Lipinski definition) is 0. The minimum Gasteiger partial charge on any atom is -0.377 e. The highest BCUT2D eigenvalue weighted by molar-refractivity contribution is 7.88. The summed E-state index contributed by atoms with van der Waals surface area (Å²) in [6, 6.07) is 27.7. The number of fused-ring (bicyclic) bond motifs is 1. The topological polar surface area (TPSA) is 94.9 Å². The maximum absolute atomic E-state index is 14.7. The molecule has 51 heavy (non-hydrogen) atoms. The lowest BCUT2D eigenvalue weighted by molar-refractivity contribution is -0.382. The zero-order valence-corrected chi connectivity index (χ0v) is 26.1. The second kappa shape index (κ2) is 12.6. The van der Waals surface area contributed by atoms with Crippen molar-refractivity contribution in [1.82, 2.24) is 19.9 Å². The first kappa shape index (κ1) is 35.3. The maximum atomic E-state index is 14.7. The quantitative estimate of drug-likeness (QED) is 0.108. The molecular formula is C34H19F9N4O3S. The van der Waals surface area contributed by atoms with Gasteiger partial charge < -0.3 is 4.18 Å². The average molecular weight is 735 g/mol. The van der Waals surface area contributed by atoms with Gasteiger partial charge in [0.2, 0.25) is 0 Å². The lowest BCUT2D eigenvalue weighted by Crippen LogP contribution is -2.63. The molecule has 6 aromatic rings. The fraction of sp³-hybridized carbons (Fsp3) is 0.118. The Kier molecular flexibility index (Phi) is 8.73. The normalized spacial score (nSPS) is 13.0. The number of halogens is 9. The third-order valence-corrected chi connectivity index (χ3v) is 8.77. The summed E-state index contributed by atoms with van der Waals surface area (Å²) in [5.74, 6) is -15.5. The van der Waals surface area contributed by atoms with E-state index in [1.54, 1.807) is 60.7 Å². The highest BCUT2D eigenvalue weighted by Crippen LogP contribution is 2.55. The highest BCUT2D eigenvalue weighted by atomic mass is 32.2. The van der Waals surface area contributed by atoms with Crippen LogP contribution in [-0.4, -0.2) is 51.6 Å². The Morgan fingerprint density at radius 2 is 1.04 bits per heavy atom. The van der Waals surface area contributed by atoms with Crippen LogP contribution in [0.25, 0.3) is 56.2 Å². The maximum Gasteiger partial charge on any atom is 0.460 e. The molecule has 0 aliphatic rings. The van der Waals surface area contributed by atoms with Crippen molar-refractivity contribution in [3.8, 4) is 51.0 Å². The third kappa shape index (κ3) is 6.21. The van der Waals surface area contributed by atoms with Crippen molar-refractivity contribution in [1.29, 1.82) is 0 Å². The number of pyridine rings is 1. The molecule has 7 nitrogen and oxygen atoms in total. The van der Waals surface area contributed by atoms with Gasteiger partial charge in [0.1, 0.15) is 0 Å². The van der Waals surface area contributed by atoms with Crippen LogP contribution in [0.5, 0.6) is 5.75 Å². The number of aromatic nitrogens is 4. The van der Waals surface area contributed by atoms with Gasteiger partial charge in [-0.1, -0.05) is 84.9 Å². The molecule has 0 bridgehead atoms. The minimum atomic E-state index is -7.48. The Morgan fingerprint density at radius 1 is 0.529 bits per heavy atom. The van der Waals surface area contributed by atoms with Gasteiger partial charge in [-0.2, -0.15) is 47.9 Å². The number of hydrogen-bond acceptors (Lipinski definition) is 7. The molecule has 0 N–H and O–H groups in total. The first-order chi connectivity index (χ1) is 23.9. The van der Waals surface area contributed by atoms with Crippen LogP contribution in [0.4, 0.5) is 39.5 Å². The molecule has 0 radical (unpaired) electrons. The Balaban J connectivity index is 1.50. The number of nitrogens with zero attached hydrogens (tertiary/aromatic N) is 4. The number of rotatable bonds is 9. The van der Waals surface area contributed by atoms with Gasteiger partial charge in [0, 0.05) is 33.8 Å². The Morgan fingerprint density at radius 3 is 1.59 bits per heavy atom. The summed E-state index contributed by atoms with van der Waals surface area (Å²) in [5.41, 5.74) is 1.21. The van der Waals surface area contributed by atoms with Crippen LogP contribution in [0.15, 0.2) is 115 Å². The van der Waals surface area contributed by atoms with Crippen molar-refractivity contribution in [3.05, 3.63) is 115 Å². The van der Waals surface area contributed by atoms with E-state index in [1.165, 1.54) is 42.6 Å². The Bertz CT molecular complexity index is 2290. The predicted molar refractivity (Wildman–Crippen MR) is 167 cm³/mol. The second-order valence-electron chi connectivity index (χ2n) is 10.8. The van der Waals surface area contributed by atoms with Gasteiger partial charge in [0.25, 0.3) is 0 Å². The first-order valence-corrected chi connectivity index (χ1v) is 15.8. The van der Waals surface area contributed by atoms with Crippen molar-refractivity contribution < 1.29 is 52.1 Å². The lowest BCUT2D eigenvalue weighted by Gasteiger charge is -2.32. The fourth-order valence-electron chi connectivity index (χ4n) is 4.94. The first-order valence-electron chi connectivity index (χ1n) is 14.4. The summed E-state index contributed by atoms with van der Waals surface area (Å²) >= 11 is 0. The van der Waals surface area contributed by atoms with E-state index in [2.05, 4.69) is 24.1 Å². The number of alkyl halides is 9. The van der Waals surface area contributed by atoms with Crippen molar-refractivity contribution in [3.63, 3.8) is 0 Å². The van der Waals surface area contributed by atoms with E-state index in [1.807, 2.05) is 0 Å². The molecule has 262 valence electrons. The van der Waals surface area contributed by atoms with Crippen LogP contribution in [0, 0.1) is 0 Å². The lowest BCUT2D eigenvalue weighted by atomic mass is 9.97. The summed E-state index contributed by atoms with van der Waals surface area (Å²) in [5, 5.41) is -7.07. The molecule has 0 unspecified atom stereocenters. The molecule has 2 aromatic heterocycles. The van der Waals surface area contributed by atoms with E-state index >= 15 is 0 Å². The van der Waals surface area contributed by atoms with Gasteiger partial charge in [0.15, 0.2) is 23.2 Å². The molecule has 0 atom stereocenters. The van der Waals surface area contributed by atoms with Gasteiger partial charge in [-0.25, -0.2) is 15.0 Å². The van der Waals surface area contributed by atoms with Gasteiger partial charge in [0.05, 0.1) is 5.52 Å². The van der Waals surface area contributed by atoms with Crippen LogP contribution < -0.4 is 4.18 Å². The van der Waals surface area contributed by atoms with Crippen LogP contribution in [0.3, 0.4) is 0 Å². The van der Waals surface area contributed by atoms with Gasteiger partial charge >= 0.3 is 33.4 Å². The molecular weight excluding hydrogens is 715 g/mol. The molecule has 0 saturated carbocycles. The van der Waals surface area contributed by atoms with E-state index in [0.717, 1.165) is 12.1 Å². The summed E-state index contributed by atoms with van der Waals surface area (Å²) in [7, 11) is -7.26. The second-order valence-corrected chi connectivity index (χ2v) is 12.4. The smallest absolute Gasteiger partial charge is 0.377 e. The summed E-state index contributed by atoms with van der Waals surface area (Å²) in [6.07, 6.45) is -5.93. The largest absolute Gasteiger partial charge is 0.460 e. The van der Waals surface area contributed by atoms with Crippen molar-refractivity contribution in [2.24, 2.45) is 0 Å².